The molecule has 0 aliphatic rings. The number of benzene rings is 1. The number of anilines is 1. The molecule has 2 heterocycles. The molecule has 1 amide bonds. The van der Waals surface area contributed by atoms with Crippen LogP contribution in [-0.4, -0.2) is 10.5 Å². The minimum atomic E-state index is -0.201. The number of thiazole rings is 1. The number of rotatable bonds is 4. The van der Waals surface area contributed by atoms with E-state index in [1.54, 1.807) is 16.7 Å². The lowest BCUT2D eigenvalue weighted by atomic mass is 10.1. The first-order valence-corrected chi connectivity index (χ1v) is 8.49. The minimum Gasteiger partial charge on any atom is -0.324 e. The number of nitrogens with zero attached hydrogens (tertiary/aromatic N) is 1. The number of carbonyl (C=O) groups excluding carboxylic acids is 1. The summed E-state index contributed by atoms with van der Waals surface area (Å²) in [6.45, 7) is 1.86. The molecule has 6 heteroatoms. The lowest BCUT2D eigenvalue weighted by Gasteiger charge is -2.10. The topological polar surface area (TPSA) is 51.1 Å². The molecule has 1 N–H and O–H groups in total. The fourth-order valence-electron chi connectivity index (χ4n) is 2.17. The summed E-state index contributed by atoms with van der Waals surface area (Å²) in [4.78, 5) is 24.9. The smallest absolute Gasteiger partial charge is 0.307 e. The fourth-order valence-corrected chi connectivity index (χ4v) is 3.67. The Labute approximate surface area is 135 Å². The third-order valence-electron chi connectivity index (χ3n) is 3.27. The highest BCUT2D eigenvalue weighted by Crippen LogP contribution is 2.31. The van der Waals surface area contributed by atoms with E-state index in [9.17, 15) is 9.59 Å². The normalized spacial score (nSPS) is 10.6. The Balaban J connectivity index is 1.82. The van der Waals surface area contributed by atoms with E-state index in [0.717, 1.165) is 33.2 Å². The van der Waals surface area contributed by atoms with E-state index in [1.807, 2.05) is 48.7 Å². The molecule has 3 aromatic rings. The molecule has 0 saturated carbocycles. The summed E-state index contributed by atoms with van der Waals surface area (Å²) in [6, 6.07) is 11.7. The summed E-state index contributed by atoms with van der Waals surface area (Å²) in [7, 11) is 0. The predicted octanol–water partition coefficient (Wildman–Crippen LogP) is 3.59. The molecule has 0 bridgehead atoms. The third kappa shape index (κ3) is 3.03. The van der Waals surface area contributed by atoms with Crippen molar-refractivity contribution in [2.24, 2.45) is 0 Å². The molecule has 0 radical (unpaired) electrons. The number of hydrogen-bond acceptors (Lipinski definition) is 4. The number of nitrogens with one attached hydrogen (secondary N) is 1. The molecular weight excluding hydrogens is 316 g/mol. The molecule has 2 aromatic heterocycles. The van der Waals surface area contributed by atoms with Gasteiger partial charge in [-0.3, -0.25) is 14.2 Å². The molecule has 112 valence electrons. The van der Waals surface area contributed by atoms with Crippen molar-refractivity contribution in [2.45, 2.75) is 13.5 Å². The molecule has 0 spiro atoms. The molecular formula is C16H14N2O2S2. The van der Waals surface area contributed by atoms with Gasteiger partial charge in [-0.15, -0.1) is 11.3 Å². The Kier molecular flexibility index (Phi) is 4.22. The van der Waals surface area contributed by atoms with Gasteiger partial charge in [0.1, 0.15) is 6.54 Å². The second kappa shape index (κ2) is 6.29. The number of hydrogen-bond donors (Lipinski definition) is 1. The maximum Gasteiger partial charge on any atom is 0.307 e. The van der Waals surface area contributed by atoms with Crippen molar-refractivity contribution in [1.29, 1.82) is 0 Å². The van der Waals surface area contributed by atoms with Crippen LogP contribution in [0.3, 0.4) is 0 Å². The molecule has 1 aromatic carbocycles. The zero-order valence-corrected chi connectivity index (χ0v) is 13.5. The van der Waals surface area contributed by atoms with Gasteiger partial charge in [-0.2, -0.15) is 0 Å². The van der Waals surface area contributed by atoms with Crippen molar-refractivity contribution in [2.75, 3.05) is 5.32 Å². The van der Waals surface area contributed by atoms with Crippen molar-refractivity contribution in [3.63, 3.8) is 0 Å². The van der Waals surface area contributed by atoms with Gasteiger partial charge in [0, 0.05) is 27.2 Å². The highest BCUT2D eigenvalue weighted by Gasteiger charge is 2.11. The number of amides is 1. The second-order valence-corrected chi connectivity index (χ2v) is 6.57. The van der Waals surface area contributed by atoms with Gasteiger partial charge in [0.05, 0.1) is 0 Å². The van der Waals surface area contributed by atoms with Crippen molar-refractivity contribution >= 4 is 34.3 Å². The van der Waals surface area contributed by atoms with Crippen LogP contribution in [0.2, 0.25) is 0 Å². The molecule has 3 rings (SSSR count). The zero-order chi connectivity index (χ0) is 15.5. The molecule has 0 saturated heterocycles. The first kappa shape index (κ1) is 14.7. The summed E-state index contributed by atoms with van der Waals surface area (Å²) < 4.78 is 1.48. The number of thiophene rings is 1. The third-order valence-corrected chi connectivity index (χ3v) is 5.05. The summed E-state index contributed by atoms with van der Waals surface area (Å²) in [6.07, 6.45) is 0. The van der Waals surface area contributed by atoms with E-state index >= 15 is 0 Å². The highest BCUT2D eigenvalue weighted by molar-refractivity contribution is 7.13. The summed E-state index contributed by atoms with van der Waals surface area (Å²) in [5, 5.41) is 6.67. The van der Waals surface area contributed by atoms with Gasteiger partial charge in [-0.05, 0) is 24.4 Å². The quantitative estimate of drug-likeness (QED) is 0.795. The van der Waals surface area contributed by atoms with E-state index in [1.165, 1.54) is 4.57 Å². The summed E-state index contributed by atoms with van der Waals surface area (Å²) in [5.74, 6) is -0.201. The van der Waals surface area contributed by atoms with Gasteiger partial charge < -0.3 is 5.32 Å². The average Bonchev–Trinajstić information content (AvgIpc) is 3.13. The Morgan fingerprint density at radius 1 is 1.18 bits per heavy atom. The Hall–Kier alpha value is -2.18. The van der Waals surface area contributed by atoms with E-state index in [-0.39, 0.29) is 17.3 Å². The first-order chi connectivity index (χ1) is 10.6. The average molecular weight is 330 g/mol. The van der Waals surface area contributed by atoms with Gasteiger partial charge in [0.15, 0.2) is 0 Å². The largest absolute Gasteiger partial charge is 0.324 e. The van der Waals surface area contributed by atoms with E-state index in [0.29, 0.717) is 0 Å². The highest BCUT2D eigenvalue weighted by atomic mass is 32.1. The Bertz CT molecular complexity index is 847. The van der Waals surface area contributed by atoms with Crippen LogP contribution in [0.1, 0.15) is 5.69 Å². The monoisotopic (exact) mass is 330 g/mol. The summed E-state index contributed by atoms with van der Waals surface area (Å²) >= 11 is 2.73. The van der Waals surface area contributed by atoms with Crippen LogP contribution in [0.4, 0.5) is 5.69 Å². The minimum absolute atomic E-state index is 0.0347. The molecule has 0 aliphatic carbocycles. The molecule has 4 nitrogen and oxygen atoms in total. The van der Waals surface area contributed by atoms with Crippen molar-refractivity contribution in [3.8, 4) is 10.4 Å². The number of carbonyl (C=O) groups is 1. The van der Waals surface area contributed by atoms with Crippen molar-refractivity contribution < 1.29 is 4.79 Å². The number of para-hydroxylation sites is 1. The standard InChI is InChI=1S/C16H14N2O2S2/c1-11-10-22-16(20)18(11)9-15(19)17-13-6-3-2-5-12(13)14-7-4-8-21-14/h2-8,10H,9H2,1H3,(H,17,19). The Morgan fingerprint density at radius 3 is 2.68 bits per heavy atom. The van der Waals surface area contributed by atoms with Crippen molar-refractivity contribution in [1.82, 2.24) is 4.57 Å². The van der Waals surface area contributed by atoms with Crippen LogP contribution in [-0.2, 0) is 11.3 Å². The van der Waals surface area contributed by atoms with Crippen LogP contribution in [0, 0.1) is 6.92 Å². The molecule has 0 unspecified atom stereocenters. The lowest BCUT2D eigenvalue weighted by Crippen LogP contribution is -2.25. The van der Waals surface area contributed by atoms with Crippen LogP contribution in [0.15, 0.2) is 52.0 Å². The van der Waals surface area contributed by atoms with Crippen LogP contribution >= 0.6 is 22.7 Å². The molecule has 0 fully saturated rings. The SMILES string of the molecule is Cc1csc(=O)n1CC(=O)Nc1ccccc1-c1cccs1. The summed E-state index contributed by atoms with van der Waals surface area (Å²) in [5.41, 5.74) is 2.55. The van der Waals surface area contributed by atoms with Crippen molar-refractivity contribution in [3.05, 3.63) is 62.5 Å². The van der Waals surface area contributed by atoms with Crippen LogP contribution < -0.4 is 10.2 Å². The van der Waals surface area contributed by atoms with Gasteiger partial charge in [-0.25, -0.2) is 0 Å². The lowest BCUT2D eigenvalue weighted by molar-refractivity contribution is -0.116. The first-order valence-electron chi connectivity index (χ1n) is 6.73. The Morgan fingerprint density at radius 2 is 2.00 bits per heavy atom. The second-order valence-electron chi connectivity index (χ2n) is 4.80. The van der Waals surface area contributed by atoms with Gasteiger partial charge in [-0.1, -0.05) is 35.6 Å². The van der Waals surface area contributed by atoms with E-state index in [4.69, 9.17) is 0 Å². The maximum absolute atomic E-state index is 12.2. The number of aromatic nitrogens is 1. The molecule has 0 aliphatic heterocycles. The fraction of sp³-hybridized carbons (Fsp3) is 0.125. The maximum atomic E-state index is 12.2. The zero-order valence-electron chi connectivity index (χ0n) is 11.9. The predicted molar refractivity (Wildman–Crippen MR) is 91.7 cm³/mol. The number of aryl methyl sites for hydroxylation is 1. The van der Waals surface area contributed by atoms with Crippen LogP contribution in [0.5, 0.6) is 0 Å². The van der Waals surface area contributed by atoms with Gasteiger partial charge in [0.25, 0.3) is 0 Å². The van der Waals surface area contributed by atoms with Gasteiger partial charge >= 0.3 is 4.87 Å². The van der Waals surface area contributed by atoms with Crippen LogP contribution in [0.25, 0.3) is 10.4 Å². The van der Waals surface area contributed by atoms with Gasteiger partial charge in [0.2, 0.25) is 5.91 Å². The molecule has 22 heavy (non-hydrogen) atoms. The molecule has 0 atom stereocenters. The van der Waals surface area contributed by atoms with E-state index in [2.05, 4.69) is 5.32 Å². The van der Waals surface area contributed by atoms with E-state index < -0.39 is 0 Å².